The number of aliphatic imine (C=N–C) groups is 1. The third kappa shape index (κ3) is 8.68. The van der Waals surface area contributed by atoms with Crippen LogP contribution < -0.4 is 15.4 Å². The summed E-state index contributed by atoms with van der Waals surface area (Å²) in [6.07, 6.45) is 5.21. The summed E-state index contributed by atoms with van der Waals surface area (Å²) in [5, 5.41) is 6.75. The standard InChI is InChI=1S/C22H35N3O3.HI/c1-2-23-22(24-10-3-12-27-17-19-7-13-26-14-8-19)25-11-6-18-4-5-21-20(16-18)9-15-28-21;/h4-5,16,19H,2-3,6-15,17H2,1H3,(H2,23,24,25);1H. The van der Waals surface area contributed by atoms with Crippen molar-refractivity contribution < 1.29 is 14.2 Å². The highest BCUT2D eigenvalue weighted by molar-refractivity contribution is 14.0. The molecule has 3 rings (SSSR count). The third-order valence-corrected chi connectivity index (χ3v) is 5.22. The van der Waals surface area contributed by atoms with E-state index < -0.39 is 0 Å². The van der Waals surface area contributed by atoms with Gasteiger partial charge in [-0.1, -0.05) is 12.1 Å². The van der Waals surface area contributed by atoms with E-state index in [0.717, 1.165) is 96.5 Å². The number of rotatable bonds is 10. The number of guanidine groups is 1. The monoisotopic (exact) mass is 517 g/mol. The van der Waals surface area contributed by atoms with Crippen LogP contribution in [0.3, 0.4) is 0 Å². The summed E-state index contributed by atoms with van der Waals surface area (Å²) in [5.74, 6) is 2.60. The van der Waals surface area contributed by atoms with Crippen LogP contribution in [0.1, 0.15) is 37.3 Å². The van der Waals surface area contributed by atoms with Gasteiger partial charge < -0.3 is 24.8 Å². The summed E-state index contributed by atoms with van der Waals surface area (Å²) in [5.41, 5.74) is 2.67. The molecule has 1 aromatic rings. The minimum absolute atomic E-state index is 0. The topological polar surface area (TPSA) is 64.1 Å². The van der Waals surface area contributed by atoms with E-state index in [0.29, 0.717) is 5.92 Å². The molecule has 0 atom stereocenters. The summed E-state index contributed by atoms with van der Waals surface area (Å²) in [4.78, 5) is 4.66. The number of hydrogen-bond acceptors (Lipinski definition) is 4. The smallest absolute Gasteiger partial charge is 0.191 e. The Balaban J connectivity index is 0.00000300. The minimum atomic E-state index is 0. The molecule has 1 saturated heterocycles. The van der Waals surface area contributed by atoms with Gasteiger partial charge in [0.1, 0.15) is 5.75 Å². The molecule has 0 saturated carbocycles. The Labute approximate surface area is 192 Å². The maximum atomic E-state index is 5.81. The molecule has 0 unspecified atom stereocenters. The molecule has 2 aliphatic heterocycles. The third-order valence-electron chi connectivity index (χ3n) is 5.22. The quantitative estimate of drug-likeness (QED) is 0.216. The van der Waals surface area contributed by atoms with Crippen molar-refractivity contribution in [2.75, 3.05) is 52.7 Å². The lowest BCUT2D eigenvalue weighted by Crippen LogP contribution is -2.38. The average molecular weight is 517 g/mol. The van der Waals surface area contributed by atoms with Crippen molar-refractivity contribution in [1.82, 2.24) is 10.6 Å². The van der Waals surface area contributed by atoms with Gasteiger partial charge in [-0.25, -0.2) is 0 Å². The van der Waals surface area contributed by atoms with Gasteiger partial charge in [0.05, 0.1) is 6.61 Å². The number of nitrogens with one attached hydrogen (secondary N) is 2. The Hall–Kier alpha value is -1.06. The molecule has 0 amide bonds. The molecule has 0 aromatic heterocycles. The van der Waals surface area contributed by atoms with E-state index in [9.17, 15) is 0 Å². The Morgan fingerprint density at radius 1 is 1.21 bits per heavy atom. The summed E-state index contributed by atoms with van der Waals surface area (Å²) in [6, 6.07) is 6.52. The number of benzene rings is 1. The number of hydrogen-bond donors (Lipinski definition) is 2. The molecule has 2 aliphatic rings. The lowest BCUT2D eigenvalue weighted by atomic mass is 10.0. The predicted octanol–water partition coefficient (Wildman–Crippen LogP) is 3.17. The second kappa shape index (κ2) is 14.0. The molecule has 1 aromatic carbocycles. The normalized spacial score (nSPS) is 16.7. The number of nitrogens with zero attached hydrogens (tertiary/aromatic N) is 1. The van der Waals surface area contributed by atoms with E-state index in [4.69, 9.17) is 14.2 Å². The van der Waals surface area contributed by atoms with Gasteiger partial charge in [0.2, 0.25) is 0 Å². The van der Waals surface area contributed by atoms with Crippen LogP contribution in [-0.2, 0) is 22.3 Å². The van der Waals surface area contributed by atoms with E-state index in [1.807, 2.05) is 0 Å². The maximum absolute atomic E-state index is 5.81. The van der Waals surface area contributed by atoms with Crippen LogP contribution in [0.5, 0.6) is 5.75 Å². The highest BCUT2D eigenvalue weighted by Gasteiger charge is 2.13. The lowest BCUT2D eigenvalue weighted by molar-refractivity contribution is 0.0205. The molecule has 0 radical (unpaired) electrons. The van der Waals surface area contributed by atoms with E-state index in [2.05, 4.69) is 40.7 Å². The number of ether oxygens (including phenoxy) is 3. The zero-order valence-corrected chi connectivity index (χ0v) is 19.9. The first-order chi connectivity index (χ1) is 13.8. The predicted molar refractivity (Wildman–Crippen MR) is 128 cm³/mol. The molecule has 164 valence electrons. The van der Waals surface area contributed by atoms with Crippen molar-refractivity contribution in [1.29, 1.82) is 0 Å². The molecule has 2 heterocycles. The Bertz CT molecular complexity index is 621. The van der Waals surface area contributed by atoms with Gasteiger partial charge in [-0.05, 0) is 55.7 Å². The summed E-state index contributed by atoms with van der Waals surface area (Å²) >= 11 is 0. The van der Waals surface area contributed by atoms with Crippen LogP contribution in [0.25, 0.3) is 0 Å². The molecular weight excluding hydrogens is 481 g/mol. The molecule has 6 nitrogen and oxygen atoms in total. The molecule has 29 heavy (non-hydrogen) atoms. The number of halogens is 1. The van der Waals surface area contributed by atoms with Crippen LogP contribution in [0.2, 0.25) is 0 Å². The van der Waals surface area contributed by atoms with Gasteiger partial charge in [0, 0.05) is 52.5 Å². The summed E-state index contributed by atoms with van der Waals surface area (Å²) in [7, 11) is 0. The van der Waals surface area contributed by atoms with Crippen molar-refractivity contribution >= 4 is 29.9 Å². The Kier molecular flexibility index (Phi) is 11.7. The van der Waals surface area contributed by atoms with Crippen LogP contribution in [0.4, 0.5) is 0 Å². The highest BCUT2D eigenvalue weighted by Crippen LogP contribution is 2.25. The first-order valence-corrected chi connectivity index (χ1v) is 10.8. The molecule has 0 bridgehead atoms. The average Bonchev–Trinajstić information content (AvgIpc) is 3.19. The van der Waals surface area contributed by atoms with Gasteiger partial charge in [0.25, 0.3) is 0 Å². The Morgan fingerprint density at radius 3 is 2.90 bits per heavy atom. The zero-order chi connectivity index (χ0) is 19.4. The minimum Gasteiger partial charge on any atom is -0.493 e. The van der Waals surface area contributed by atoms with E-state index in [1.165, 1.54) is 11.1 Å². The fourth-order valence-electron chi connectivity index (χ4n) is 3.58. The Morgan fingerprint density at radius 2 is 2.07 bits per heavy atom. The van der Waals surface area contributed by atoms with Gasteiger partial charge in [0.15, 0.2) is 5.96 Å². The van der Waals surface area contributed by atoms with Crippen molar-refractivity contribution in [2.45, 2.75) is 39.0 Å². The van der Waals surface area contributed by atoms with Gasteiger partial charge >= 0.3 is 0 Å². The van der Waals surface area contributed by atoms with Crippen LogP contribution >= 0.6 is 24.0 Å². The molecule has 0 spiro atoms. The SMILES string of the molecule is CCNC(=NCCCOCC1CCOCC1)NCCc1ccc2c(c1)CCO2.I. The molecule has 7 heteroatoms. The van der Waals surface area contributed by atoms with Crippen molar-refractivity contribution in [3.8, 4) is 5.75 Å². The zero-order valence-electron chi connectivity index (χ0n) is 17.6. The first-order valence-electron chi connectivity index (χ1n) is 10.8. The highest BCUT2D eigenvalue weighted by atomic mass is 127. The van der Waals surface area contributed by atoms with Crippen LogP contribution in [0.15, 0.2) is 23.2 Å². The molecular formula is C22H36IN3O3. The molecule has 0 aliphatic carbocycles. The van der Waals surface area contributed by atoms with Crippen molar-refractivity contribution in [2.24, 2.45) is 10.9 Å². The van der Waals surface area contributed by atoms with Gasteiger partial charge in [-0.15, -0.1) is 24.0 Å². The fraction of sp³-hybridized carbons (Fsp3) is 0.682. The molecule has 2 N–H and O–H groups in total. The maximum Gasteiger partial charge on any atom is 0.191 e. The molecule has 1 fully saturated rings. The summed E-state index contributed by atoms with van der Waals surface area (Å²) in [6.45, 7) is 8.81. The van der Waals surface area contributed by atoms with Crippen LogP contribution in [-0.4, -0.2) is 58.6 Å². The second-order valence-electron chi connectivity index (χ2n) is 7.46. The van der Waals surface area contributed by atoms with Crippen LogP contribution in [0, 0.1) is 5.92 Å². The lowest BCUT2D eigenvalue weighted by Gasteiger charge is -2.21. The van der Waals surface area contributed by atoms with E-state index in [1.54, 1.807) is 0 Å². The second-order valence-corrected chi connectivity index (χ2v) is 7.46. The van der Waals surface area contributed by atoms with E-state index >= 15 is 0 Å². The first kappa shape index (κ1) is 24.2. The van der Waals surface area contributed by atoms with Crippen molar-refractivity contribution in [3.05, 3.63) is 29.3 Å². The van der Waals surface area contributed by atoms with Gasteiger partial charge in [-0.3, -0.25) is 4.99 Å². The van der Waals surface area contributed by atoms with Gasteiger partial charge in [-0.2, -0.15) is 0 Å². The van der Waals surface area contributed by atoms with Crippen molar-refractivity contribution in [3.63, 3.8) is 0 Å². The van der Waals surface area contributed by atoms with E-state index in [-0.39, 0.29) is 24.0 Å². The fourth-order valence-corrected chi connectivity index (χ4v) is 3.58. The number of fused-ring (bicyclic) bond motifs is 1. The largest absolute Gasteiger partial charge is 0.493 e. The summed E-state index contributed by atoms with van der Waals surface area (Å²) < 4.78 is 16.8.